The number of ether oxygens (including phenoxy) is 1. The molecule has 35 heavy (non-hydrogen) atoms. The number of rotatable bonds is 9. The second-order valence-corrected chi connectivity index (χ2v) is 6.97. The van der Waals surface area contributed by atoms with Gasteiger partial charge in [0.25, 0.3) is 11.8 Å². The van der Waals surface area contributed by atoms with Gasteiger partial charge in [-0.3, -0.25) is 9.59 Å². The maximum atomic E-state index is 12.9. The third-order valence-corrected chi connectivity index (χ3v) is 4.82. The van der Waals surface area contributed by atoms with E-state index in [0.717, 1.165) is 0 Å². The summed E-state index contributed by atoms with van der Waals surface area (Å²) in [5.41, 5.74) is 15.2. The average Bonchev–Trinajstić information content (AvgIpc) is 3.48. The molecule has 14 heteroatoms. The first-order chi connectivity index (χ1) is 17.0. The number of primary amides is 1. The molecule has 0 fully saturated rings. The Bertz CT molecular complexity index is 1390. The minimum atomic E-state index is -0.655. The fourth-order valence-corrected chi connectivity index (χ4v) is 3.16. The number of hydrazone groups is 1. The molecule has 0 spiro atoms. The van der Waals surface area contributed by atoms with E-state index in [1.165, 1.54) is 18.0 Å². The molecule has 4 aromatic rings. The molecule has 0 unspecified atom stereocenters. The lowest BCUT2D eigenvalue weighted by molar-refractivity contribution is 0.0947. The predicted octanol–water partition coefficient (Wildman–Crippen LogP) is 0.716. The smallest absolute Gasteiger partial charge is 0.293 e. The largest absolute Gasteiger partial charge is 0.496 e. The molecule has 2 amide bonds. The Kier molecular flexibility index (Phi) is 6.62. The monoisotopic (exact) mass is 476 g/mol. The highest BCUT2D eigenvalue weighted by molar-refractivity contribution is 5.98. The van der Waals surface area contributed by atoms with Crippen molar-refractivity contribution >= 4 is 29.5 Å². The molecular weight excluding hydrogens is 456 g/mol. The zero-order valence-corrected chi connectivity index (χ0v) is 18.4. The van der Waals surface area contributed by atoms with Crippen molar-refractivity contribution in [3.8, 4) is 11.6 Å². The minimum Gasteiger partial charge on any atom is -0.496 e. The first-order valence-electron chi connectivity index (χ1n) is 10.1. The molecule has 2 aromatic carbocycles. The topological polar surface area (TPSA) is 201 Å². The summed E-state index contributed by atoms with van der Waals surface area (Å²) in [5, 5.41) is 22.2. The number of hydrogen-bond acceptors (Lipinski definition) is 11. The maximum Gasteiger partial charge on any atom is 0.293 e. The van der Waals surface area contributed by atoms with Crippen LogP contribution < -0.4 is 26.9 Å². The highest BCUT2D eigenvalue weighted by Crippen LogP contribution is 2.20. The van der Waals surface area contributed by atoms with Gasteiger partial charge in [-0.25, -0.2) is 10.1 Å². The van der Waals surface area contributed by atoms with Gasteiger partial charge in [0, 0.05) is 11.3 Å². The average molecular weight is 476 g/mol. The lowest BCUT2D eigenvalue weighted by atomic mass is 10.1. The second-order valence-electron chi connectivity index (χ2n) is 6.97. The third-order valence-electron chi connectivity index (χ3n) is 4.82. The zero-order valence-electron chi connectivity index (χ0n) is 18.4. The number of methoxy groups -OCH3 is 1. The van der Waals surface area contributed by atoms with E-state index in [0.29, 0.717) is 17.0 Å². The summed E-state index contributed by atoms with van der Waals surface area (Å²) in [4.78, 5) is 24.7. The molecule has 0 aliphatic carbocycles. The Morgan fingerprint density at radius 2 is 1.94 bits per heavy atom. The van der Waals surface area contributed by atoms with Crippen molar-refractivity contribution in [3.05, 3.63) is 71.0 Å². The Balaban J connectivity index is 1.61. The van der Waals surface area contributed by atoms with Crippen molar-refractivity contribution < 1.29 is 19.0 Å². The number of nitrogen functional groups attached to an aromatic ring is 1. The van der Waals surface area contributed by atoms with Gasteiger partial charge in [-0.1, -0.05) is 29.5 Å². The molecule has 14 nitrogen and oxygen atoms in total. The number of benzene rings is 2. The maximum absolute atomic E-state index is 12.9. The van der Waals surface area contributed by atoms with Crippen LogP contribution in [0.1, 0.15) is 32.1 Å². The Labute approximate surface area is 197 Å². The summed E-state index contributed by atoms with van der Waals surface area (Å²) in [6, 6.07) is 13.8. The Morgan fingerprint density at radius 1 is 1.17 bits per heavy atom. The van der Waals surface area contributed by atoms with Crippen molar-refractivity contribution in [1.82, 2.24) is 30.7 Å². The van der Waals surface area contributed by atoms with Crippen molar-refractivity contribution in [2.75, 3.05) is 18.2 Å². The first-order valence-corrected chi connectivity index (χ1v) is 10.1. The van der Waals surface area contributed by atoms with Crippen molar-refractivity contribution in [2.24, 2.45) is 10.8 Å². The van der Waals surface area contributed by atoms with E-state index in [4.69, 9.17) is 16.2 Å². The molecule has 2 heterocycles. The number of para-hydroxylation sites is 2. The molecule has 0 bridgehead atoms. The summed E-state index contributed by atoms with van der Waals surface area (Å²) >= 11 is 0. The van der Waals surface area contributed by atoms with E-state index in [1.807, 2.05) is 6.07 Å². The van der Waals surface area contributed by atoms with E-state index >= 15 is 0 Å². The highest BCUT2D eigenvalue weighted by Gasteiger charge is 2.24. The molecule has 0 saturated carbocycles. The van der Waals surface area contributed by atoms with Crippen LogP contribution >= 0.6 is 0 Å². The van der Waals surface area contributed by atoms with Crippen LogP contribution in [0.25, 0.3) is 5.82 Å². The van der Waals surface area contributed by atoms with Gasteiger partial charge in [-0.05, 0) is 34.6 Å². The normalized spacial score (nSPS) is 10.9. The van der Waals surface area contributed by atoms with Gasteiger partial charge in [0.15, 0.2) is 5.69 Å². The number of nitrogens with two attached hydrogens (primary N) is 2. The summed E-state index contributed by atoms with van der Waals surface area (Å²) < 4.78 is 11.1. The van der Waals surface area contributed by atoms with Crippen LogP contribution in [-0.4, -0.2) is 50.4 Å². The summed E-state index contributed by atoms with van der Waals surface area (Å²) in [6.45, 7) is -0.0113. The van der Waals surface area contributed by atoms with E-state index in [9.17, 15) is 9.59 Å². The van der Waals surface area contributed by atoms with Gasteiger partial charge >= 0.3 is 0 Å². The fraction of sp³-hybridized carbons (Fsp3) is 0.0952. The van der Waals surface area contributed by atoms with Crippen LogP contribution in [0, 0.1) is 0 Å². The van der Waals surface area contributed by atoms with E-state index in [2.05, 4.69) is 41.1 Å². The zero-order chi connectivity index (χ0) is 24.8. The molecule has 4 rings (SSSR count). The molecule has 0 aliphatic rings. The fourth-order valence-electron chi connectivity index (χ4n) is 3.16. The van der Waals surface area contributed by atoms with Crippen LogP contribution in [0.15, 0.2) is 58.3 Å². The lowest BCUT2D eigenvalue weighted by Crippen LogP contribution is -2.22. The van der Waals surface area contributed by atoms with Gasteiger partial charge in [0.1, 0.15) is 5.75 Å². The molecule has 0 atom stereocenters. The van der Waals surface area contributed by atoms with Crippen LogP contribution in [0.5, 0.6) is 5.75 Å². The van der Waals surface area contributed by atoms with Gasteiger partial charge in [0.05, 0.1) is 31.1 Å². The molecule has 0 saturated heterocycles. The molecule has 0 aliphatic heterocycles. The van der Waals surface area contributed by atoms with Crippen molar-refractivity contribution in [3.63, 3.8) is 0 Å². The number of hydrogen-bond donors (Lipinski definition) is 4. The lowest BCUT2D eigenvalue weighted by Gasteiger charge is -2.11. The van der Waals surface area contributed by atoms with E-state index in [1.54, 1.807) is 42.5 Å². The Morgan fingerprint density at radius 3 is 2.69 bits per heavy atom. The van der Waals surface area contributed by atoms with E-state index < -0.39 is 11.8 Å². The molecule has 178 valence electrons. The summed E-state index contributed by atoms with van der Waals surface area (Å²) in [5.74, 6) is -0.710. The van der Waals surface area contributed by atoms with Crippen LogP contribution in [0.2, 0.25) is 0 Å². The number of amides is 2. The van der Waals surface area contributed by atoms with Crippen molar-refractivity contribution in [2.45, 2.75) is 6.54 Å². The quantitative estimate of drug-likeness (QED) is 0.197. The number of anilines is 2. The van der Waals surface area contributed by atoms with Gasteiger partial charge in [-0.15, -0.1) is 5.10 Å². The van der Waals surface area contributed by atoms with Crippen LogP contribution in [0.3, 0.4) is 0 Å². The predicted molar refractivity (Wildman–Crippen MR) is 124 cm³/mol. The third kappa shape index (κ3) is 4.90. The van der Waals surface area contributed by atoms with Crippen LogP contribution in [0.4, 0.5) is 11.5 Å². The minimum absolute atomic E-state index is 0.0113. The number of carbonyl (C=O) groups is 2. The SMILES string of the molecule is COc1ccccc1/C=N/NC(=O)c1nnn(-c2nonc2N)c1CNc1ccccc1C(N)=O. The first kappa shape index (κ1) is 22.9. The second kappa shape index (κ2) is 10.1. The number of nitrogens with zero attached hydrogens (tertiary/aromatic N) is 6. The van der Waals surface area contributed by atoms with E-state index in [-0.39, 0.29) is 35.1 Å². The molecular formula is C21H20N10O4. The van der Waals surface area contributed by atoms with Gasteiger partial charge in [0.2, 0.25) is 11.6 Å². The number of aromatic nitrogens is 5. The highest BCUT2D eigenvalue weighted by atomic mass is 16.6. The number of nitrogens with one attached hydrogen (secondary N) is 2. The van der Waals surface area contributed by atoms with Gasteiger partial charge < -0.3 is 21.5 Å². The standard InChI is InChI=1S/C21H20N10O4/c1-34-16-9-5-2-6-12(16)10-25-27-21(33)17-15(31(30-26-17)20-18(22)28-35-29-20)11-24-14-8-4-3-7-13(14)19(23)32/h2-10,24H,11H2,1H3,(H2,22,28)(H2,23,32)(H,27,33)/b25-10+. The van der Waals surface area contributed by atoms with Crippen molar-refractivity contribution in [1.29, 1.82) is 0 Å². The van der Waals surface area contributed by atoms with Gasteiger partial charge in [-0.2, -0.15) is 9.78 Å². The Hall–Kier alpha value is -5.27. The summed E-state index contributed by atoms with van der Waals surface area (Å²) in [7, 11) is 1.53. The molecule has 6 N–H and O–H groups in total. The van der Waals surface area contributed by atoms with Crippen LogP contribution in [-0.2, 0) is 6.54 Å². The summed E-state index contributed by atoms with van der Waals surface area (Å²) in [6.07, 6.45) is 1.43. The molecule has 0 radical (unpaired) electrons. The molecule has 2 aromatic heterocycles. The number of carbonyl (C=O) groups excluding carboxylic acids is 2.